The molecule has 1 aliphatic carbocycles. The summed E-state index contributed by atoms with van der Waals surface area (Å²) in [5, 5.41) is 0. The van der Waals surface area contributed by atoms with E-state index in [1.165, 1.54) is 20.0 Å². The van der Waals surface area contributed by atoms with E-state index in [1.807, 2.05) is 0 Å². The van der Waals surface area contributed by atoms with Crippen LogP contribution in [0.1, 0.15) is 36.0 Å². The second kappa shape index (κ2) is 7.07. The number of thiol groups is 1. The van der Waals surface area contributed by atoms with Gasteiger partial charge < -0.3 is 14.2 Å². The molecule has 1 aromatic rings. The van der Waals surface area contributed by atoms with Crippen molar-refractivity contribution in [3.63, 3.8) is 0 Å². The quantitative estimate of drug-likeness (QED) is 0.646. The molecule has 0 heterocycles. The maximum atomic E-state index is 11.5. The van der Waals surface area contributed by atoms with Crippen LogP contribution in [0.4, 0.5) is 0 Å². The Morgan fingerprint density at radius 3 is 2.52 bits per heavy atom. The number of esters is 1. The second-order valence-corrected chi connectivity index (χ2v) is 5.83. The molecule has 21 heavy (non-hydrogen) atoms. The van der Waals surface area contributed by atoms with E-state index in [0.717, 1.165) is 18.6 Å². The monoisotopic (exact) mass is 310 g/mol. The first-order valence-electron chi connectivity index (χ1n) is 7.14. The SMILES string of the molecule is COC(=O)c1ccc(OCC2(CS)CCCC2)c(OC)c1. The van der Waals surface area contributed by atoms with Gasteiger partial charge in [0.1, 0.15) is 0 Å². The van der Waals surface area contributed by atoms with Crippen molar-refractivity contribution in [1.29, 1.82) is 0 Å². The van der Waals surface area contributed by atoms with E-state index < -0.39 is 0 Å². The molecule has 0 saturated heterocycles. The Hall–Kier alpha value is -1.36. The van der Waals surface area contributed by atoms with Crippen LogP contribution in [0.3, 0.4) is 0 Å². The highest BCUT2D eigenvalue weighted by Gasteiger charge is 2.33. The molecular formula is C16H22O4S. The zero-order chi connectivity index (χ0) is 15.3. The van der Waals surface area contributed by atoms with Gasteiger partial charge in [-0.3, -0.25) is 0 Å². The summed E-state index contributed by atoms with van der Waals surface area (Å²) in [5.41, 5.74) is 0.612. The number of hydrogen-bond acceptors (Lipinski definition) is 5. The van der Waals surface area contributed by atoms with Crippen molar-refractivity contribution in [2.24, 2.45) is 5.41 Å². The summed E-state index contributed by atoms with van der Waals surface area (Å²) < 4.78 is 16.0. The first-order chi connectivity index (χ1) is 10.1. The number of carbonyl (C=O) groups excluding carboxylic acids is 1. The number of methoxy groups -OCH3 is 2. The third-order valence-corrected chi connectivity index (χ3v) is 4.79. The maximum Gasteiger partial charge on any atom is 0.337 e. The first-order valence-corrected chi connectivity index (χ1v) is 7.77. The van der Waals surface area contributed by atoms with Crippen LogP contribution >= 0.6 is 12.6 Å². The van der Waals surface area contributed by atoms with Crippen LogP contribution in [-0.2, 0) is 4.74 Å². The molecule has 116 valence electrons. The fraction of sp³-hybridized carbons (Fsp3) is 0.562. The molecule has 1 fully saturated rings. The van der Waals surface area contributed by atoms with E-state index in [0.29, 0.717) is 23.7 Å². The largest absolute Gasteiger partial charge is 0.493 e. The van der Waals surface area contributed by atoms with Gasteiger partial charge in [-0.2, -0.15) is 12.6 Å². The van der Waals surface area contributed by atoms with Crippen LogP contribution in [0.2, 0.25) is 0 Å². The van der Waals surface area contributed by atoms with Crippen LogP contribution in [-0.4, -0.2) is 32.5 Å². The predicted octanol–water partition coefficient (Wildman–Crippen LogP) is 3.35. The molecule has 1 saturated carbocycles. The van der Waals surface area contributed by atoms with Gasteiger partial charge in [0.2, 0.25) is 0 Å². The van der Waals surface area contributed by atoms with Crippen LogP contribution < -0.4 is 9.47 Å². The smallest absolute Gasteiger partial charge is 0.337 e. The molecule has 1 aromatic carbocycles. The molecule has 5 heteroatoms. The van der Waals surface area contributed by atoms with Crippen molar-refractivity contribution < 1.29 is 19.0 Å². The fourth-order valence-corrected chi connectivity index (χ4v) is 3.14. The summed E-state index contributed by atoms with van der Waals surface area (Å²) in [6.45, 7) is 0.629. The van der Waals surface area contributed by atoms with Crippen LogP contribution in [0.15, 0.2) is 18.2 Å². The fourth-order valence-electron chi connectivity index (χ4n) is 2.74. The summed E-state index contributed by atoms with van der Waals surface area (Å²) in [4.78, 5) is 11.5. The molecule has 0 amide bonds. The standard InChI is InChI=1S/C16H22O4S/c1-18-14-9-12(15(17)19-2)5-6-13(14)20-10-16(11-21)7-3-4-8-16/h5-6,9,21H,3-4,7-8,10-11H2,1-2H3. The van der Waals surface area contributed by atoms with Crippen LogP contribution in [0, 0.1) is 5.41 Å². The summed E-state index contributed by atoms with van der Waals surface area (Å²) in [6, 6.07) is 5.08. The Morgan fingerprint density at radius 2 is 1.95 bits per heavy atom. The Kier molecular flexibility index (Phi) is 5.39. The first kappa shape index (κ1) is 16.0. The lowest BCUT2D eigenvalue weighted by Crippen LogP contribution is -2.27. The van der Waals surface area contributed by atoms with Gasteiger partial charge in [-0.15, -0.1) is 0 Å². The van der Waals surface area contributed by atoms with Crippen molar-refractivity contribution in [2.45, 2.75) is 25.7 Å². The molecular weight excluding hydrogens is 288 g/mol. The van der Waals surface area contributed by atoms with E-state index in [4.69, 9.17) is 14.2 Å². The third kappa shape index (κ3) is 3.64. The van der Waals surface area contributed by atoms with E-state index in [1.54, 1.807) is 25.3 Å². The Morgan fingerprint density at radius 1 is 1.24 bits per heavy atom. The molecule has 0 bridgehead atoms. The van der Waals surface area contributed by atoms with Gasteiger partial charge in [-0.05, 0) is 36.8 Å². The summed E-state index contributed by atoms with van der Waals surface area (Å²) >= 11 is 4.48. The van der Waals surface area contributed by atoms with Gasteiger partial charge in [-0.25, -0.2) is 4.79 Å². The van der Waals surface area contributed by atoms with Gasteiger partial charge >= 0.3 is 5.97 Å². The molecule has 0 spiro atoms. The lowest BCUT2D eigenvalue weighted by Gasteiger charge is -2.27. The number of benzene rings is 1. The average molecular weight is 310 g/mol. The van der Waals surface area contributed by atoms with Crippen molar-refractivity contribution in [1.82, 2.24) is 0 Å². The molecule has 0 atom stereocenters. The minimum absolute atomic E-state index is 0.162. The molecule has 0 unspecified atom stereocenters. The van der Waals surface area contributed by atoms with Crippen LogP contribution in [0.25, 0.3) is 0 Å². The van der Waals surface area contributed by atoms with Crippen molar-refractivity contribution in [3.8, 4) is 11.5 Å². The summed E-state index contributed by atoms with van der Waals surface area (Å²) in [6.07, 6.45) is 4.78. The van der Waals surface area contributed by atoms with Crippen LogP contribution in [0.5, 0.6) is 11.5 Å². The second-order valence-electron chi connectivity index (χ2n) is 5.51. The highest BCUT2D eigenvalue weighted by molar-refractivity contribution is 7.80. The molecule has 2 rings (SSSR count). The Labute approximate surface area is 131 Å². The molecule has 0 N–H and O–H groups in total. The molecule has 4 nitrogen and oxygen atoms in total. The van der Waals surface area contributed by atoms with Crippen molar-refractivity contribution >= 4 is 18.6 Å². The van der Waals surface area contributed by atoms with E-state index in [2.05, 4.69) is 12.6 Å². The van der Waals surface area contributed by atoms with Crippen molar-refractivity contribution in [2.75, 3.05) is 26.6 Å². The Bertz CT molecular complexity index is 495. The molecule has 1 aliphatic rings. The minimum atomic E-state index is -0.387. The lowest BCUT2D eigenvalue weighted by atomic mass is 9.90. The Balaban J connectivity index is 2.11. The van der Waals surface area contributed by atoms with Crippen molar-refractivity contribution in [3.05, 3.63) is 23.8 Å². The van der Waals surface area contributed by atoms with Gasteiger partial charge in [0.05, 0.1) is 26.4 Å². The summed E-state index contributed by atoms with van der Waals surface area (Å²) in [5.74, 6) is 1.64. The van der Waals surface area contributed by atoms with Gasteiger partial charge in [0, 0.05) is 5.41 Å². The molecule has 0 aliphatic heterocycles. The molecule has 0 radical (unpaired) electrons. The number of rotatable bonds is 6. The zero-order valence-corrected chi connectivity index (χ0v) is 13.4. The third-order valence-electron chi connectivity index (χ3n) is 4.12. The molecule has 0 aromatic heterocycles. The number of hydrogen-bond donors (Lipinski definition) is 1. The highest BCUT2D eigenvalue weighted by atomic mass is 32.1. The summed E-state index contributed by atoms with van der Waals surface area (Å²) in [7, 11) is 2.92. The lowest BCUT2D eigenvalue weighted by molar-refractivity contribution is 0.0600. The van der Waals surface area contributed by atoms with E-state index in [-0.39, 0.29) is 11.4 Å². The zero-order valence-electron chi connectivity index (χ0n) is 12.6. The highest BCUT2D eigenvalue weighted by Crippen LogP contribution is 2.40. The van der Waals surface area contributed by atoms with E-state index in [9.17, 15) is 4.79 Å². The number of ether oxygens (including phenoxy) is 3. The average Bonchev–Trinajstić information content (AvgIpc) is 3.01. The number of carbonyl (C=O) groups is 1. The van der Waals surface area contributed by atoms with E-state index >= 15 is 0 Å². The minimum Gasteiger partial charge on any atom is -0.493 e. The van der Waals surface area contributed by atoms with Gasteiger partial charge in [-0.1, -0.05) is 12.8 Å². The van der Waals surface area contributed by atoms with Gasteiger partial charge in [0.15, 0.2) is 11.5 Å². The normalized spacial score (nSPS) is 16.5. The maximum absolute atomic E-state index is 11.5. The van der Waals surface area contributed by atoms with Gasteiger partial charge in [0.25, 0.3) is 0 Å². The topological polar surface area (TPSA) is 44.8 Å². The predicted molar refractivity (Wildman–Crippen MR) is 84.6 cm³/mol.